The summed E-state index contributed by atoms with van der Waals surface area (Å²) in [5, 5.41) is 0. The molecule has 8 heteroatoms. The van der Waals surface area contributed by atoms with E-state index in [1.807, 2.05) is 18.6 Å². The van der Waals surface area contributed by atoms with E-state index < -0.39 is 0 Å². The minimum Gasteiger partial charge on any atom is -0.379 e. The third kappa shape index (κ3) is 18.4. The highest BCUT2D eigenvalue weighted by atomic mass is 16.5. The van der Waals surface area contributed by atoms with Gasteiger partial charge in [0.2, 0.25) is 0 Å². The molecule has 25 rings (SSSR count). The highest BCUT2D eigenvalue weighted by Crippen LogP contribution is 2.72. The molecule has 742 valence electrons. The smallest absolute Gasteiger partial charge is 0.155 e. The highest BCUT2D eigenvalue weighted by molar-refractivity contribution is 5.92. The van der Waals surface area contributed by atoms with Crippen LogP contribution in [0.15, 0.2) is 34.9 Å². The average Bonchev–Trinajstić information content (AvgIpc) is 1.64. The van der Waals surface area contributed by atoms with Crippen LogP contribution in [0.2, 0.25) is 0 Å². The first-order chi connectivity index (χ1) is 63.4. The van der Waals surface area contributed by atoms with E-state index in [-0.39, 0.29) is 16.2 Å². The van der Waals surface area contributed by atoms with Crippen LogP contribution < -0.4 is 0 Å². The van der Waals surface area contributed by atoms with Crippen LogP contribution in [0.25, 0.3) is 0 Å². The van der Waals surface area contributed by atoms with Crippen LogP contribution in [0, 0.1) is 226 Å². The van der Waals surface area contributed by atoms with Crippen LogP contribution >= 0.6 is 0 Å². The molecule has 0 bridgehead atoms. The fourth-order valence-corrected chi connectivity index (χ4v) is 42.8. The number of hydrogen-bond donors (Lipinski definition) is 0. The molecule has 37 atom stereocenters. The van der Waals surface area contributed by atoms with Crippen LogP contribution in [0.4, 0.5) is 0 Å². The van der Waals surface area contributed by atoms with E-state index in [9.17, 15) is 33.6 Å². The second-order valence-electron chi connectivity index (χ2n) is 56.7. The molecule has 0 N–H and O–H groups in total. The van der Waals surface area contributed by atoms with E-state index in [0.29, 0.717) is 109 Å². The molecule has 1 saturated heterocycles. The molecule has 0 amide bonds. The monoisotopic (exact) mass is 1820 g/mol. The number of ether oxygens (including phenoxy) is 1. The number of rotatable bonds is 1. The summed E-state index contributed by atoms with van der Waals surface area (Å²) in [6, 6.07) is 0. The molecule has 24 aliphatic carbocycles. The van der Waals surface area contributed by atoms with Crippen molar-refractivity contribution in [2.45, 2.75) is 470 Å². The summed E-state index contributed by atoms with van der Waals surface area (Å²) in [5.41, 5.74) is 8.32. The van der Waals surface area contributed by atoms with E-state index in [1.165, 1.54) is 243 Å². The summed E-state index contributed by atoms with van der Waals surface area (Å²) in [5.74, 6) is 29.7. The van der Waals surface area contributed by atoms with Gasteiger partial charge in [-0.3, -0.25) is 33.6 Å². The Labute approximate surface area is 811 Å². The third-order valence-corrected chi connectivity index (χ3v) is 49.5. The molecule has 24 fully saturated rings. The van der Waals surface area contributed by atoms with Crippen molar-refractivity contribution in [3.8, 4) is 0 Å². The lowest BCUT2D eigenvalue weighted by atomic mass is 9.48. The first-order valence-corrected chi connectivity index (χ1v) is 58.7. The molecule has 1 heterocycles. The summed E-state index contributed by atoms with van der Waals surface area (Å²) in [7, 11) is 0. The van der Waals surface area contributed by atoms with Gasteiger partial charge < -0.3 is 4.74 Å². The summed E-state index contributed by atoms with van der Waals surface area (Å²) in [4.78, 5) is 84.2. The lowest BCUT2D eigenvalue weighted by Crippen LogP contribution is -2.49. The van der Waals surface area contributed by atoms with Crippen molar-refractivity contribution in [1.82, 2.24) is 0 Å². The van der Waals surface area contributed by atoms with E-state index >= 15 is 0 Å². The van der Waals surface area contributed by atoms with Crippen LogP contribution in [0.3, 0.4) is 0 Å². The van der Waals surface area contributed by atoms with Crippen molar-refractivity contribution in [2.24, 2.45) is 226 Å². The van der Waals surface area contributed by atoms with Gasteiger partial charge in [0.25, 0.3) is 0 Å². The second-order valence-corrected chi connectivity index (χ2v) is 56.7. The Hall–Kier alpha value is -3.13. The van der Waals surface area contributed by atoms with Crippen LogP contribution in [0.5, 0.6) is 0 Å². The Bertz CT molecular complexity index is 4340. The predicted octanol–water partition coefficient (Wildman–Crippen LogP) is 31.5. The number of hydrogen-bond acceptors (Lipinski definition) is 8. The number of carbonyl (C=O) groups excluding carboxylic acids is 7. The molecular formula is C125H194O8. The van der Waals surface area contributed by atoms with Crippen molar-refractivity contribution in [2.75, 3.05) is 6.61 Å². The Morgan fingerprint density at radius 2 is 0.647 bits per heavy atom. The lowest BCUT2D eigenvalue weighted by Gasteiger charge is -2.57. The van der Waals surface area contributed by atoms with Crippen molar-refractivity contribution in [3.63, 3.8) is 0 Å². The molecule has 0 aromatic heterocycles. The predicted molar refractivity (Wildman–Crippen MR) is 540 cm³/mol. The summed E-state index contributed by atoms with van der Waals surface area (Å²) >= 11 is 0. The van der Waals surface area contributed by atoms with Gasteiger partial charge in [0.05, 0.1) is 6.10 Å². The Morgan fingerprint density at radius 1 is 0.308 bits per heavy atom. The number of allylic oxidation sites excluding steroid dienone is 5. The Kier molecular flexibility index (Phi) is 28.6. The van der Waals surface area contributed by atoms with Gasteiger partial charge in [0.15, 0.2) is 5.78 Å². The molecule has 1 aliphatic heterocycles. The van der Waals surface area contributed by atoms with Crippen molar-refractivity contribution in [1.29, 1.82) is 0 Å². The standard InChI is InChI=1S/C22H36O.C22H36.C20H32O.C20H30O.C18H26O2.C18H24O2.C5H10O/c1-14(23)19-7-8-20-18-6-5-15-13-21(2,3)11-9-16(15)17(18)10-12-22(19,20)4;1-5-16-7-9-20-19-8-6-15-14-21(2,3)12-10-17(15)18(19)11-13-22(16,20)4;1-19(2)10-8-14-13(12-19)4-5-16-15(14)9-11-20(3)17(16)6-7-18(20)21;1-3-14-5-9-19-18-7-4-13-12-15(21)6-8-16(13)17(18)10-11-20(14,19)2;2*1-18-9-8-14-13-5-3-12(19)10-11(13)2-4-15(14)16(18)6-7-17(18)20;1-5-3-2-4-6-5/h15-20H,5-13H2,1-4H3;5,15,17-20H,6-14H2,1-4H3;13-17H,4-12H2,1-3H3;3,13,16-19H,4-12H2,1-2H3;11,13-16H,2-10H2,1H3;10,13-16H,2-9H2,1H3;5H,2-4H2,1H3/t15?,16-,17?,18?,19+,20?,22+;15-,17+,18?,19?,20?,22-;13-,14+,15?,16?,17?,20+;13-,16+,17?,18?,19?,20-;11-,13+,14?,15?,16?,18+;13-,14?,15?,16?,18-;/m011110./s1. The van der Waals surface area contributed by atoms with Gasteiger partial charge in [-0.25, -0.2) is 0 Å². The van der Waals surface area contributed by atoms with Crippen LogP contribution in [-0.2, 0) is 38.3 Å². The van der Waals surface area contributed by atoms with Crippen molar-refractivity contribution in [3.05, 3.63) is 34.9 Å². The molecule has 0 radical (unpaired) electrons. The van der Waals surface area contributed by atoms with E-state index in [0.717, 1.165) is 251 Å². The fraction of sp³-hybridized carbons (Fsp3) is 0.896. The zero-order chi connectivity index (χ0) is 93.6. The highest BCUT2D eigenvalue weighted by Gasteiger charge is 2.65. The Morgan fingerprint density at radius 3 is 1.02 bits per heavy atom. The molecule has 23 saturated carbocycles. The lowest BCUT2D eigenvalue weighted by molar-refractivity contribution is -0.135. The largest absolute Gasteiger partial charge is 0.379 e. The molecule has 0 spiro atoms. The zero-order valence-electron chi connectivity index (χ0n) is 88.0. The number of Topliss-reactive ketones (excluding diaryl/α,β-unsaturated/α-hetero) is 6. The van der Waals surface area contributed by atoms with Gasteiger partial charge in [0, 0.05) is 80.1 Å². The van der Waals surface area contributed by atoms with Crippen molar-refractivity contribution >= 4 is 40.5 Å². The maximum Gasteiger partial charge on any atom is 0.155 e. The molecule has 0 aromatic carbocycles. The van der Waals surface area contributed by atoms with Gasteiger partial charge in [-0.15, -0.1) is 0 Å². The molecular weight excluding hydrogens is 1630 g/mol. The molecule has 0 aromatic rings. The third-order valence-electron chi connectivity index (χ3n) is 49.5. The normalized spacial score (nSPS) is 50.2. The summed E-state index contributed by atoms with van der Waals surface area (Å²) in [6.07, 6.45) is 77.5. The van der Waals surface area contributed by atoms with Gasteiger partial charge in [-0.05, 0) is 540 Å². The van der Waals surface area contributed by atoms with Crippen LogP contribution in [0.1, 0.15) is 464 Å². The van der Waals surface area contributed by atoms with Crippen molar-refractivity contribution < 1.29 is 38.3 Å². The second kappa shape index (κ2) is 38.5. The van der Waals surface area contributed by atoms with Gasteiger partial charge >= 0.3 is 0 Å². The minimum atomic E-state index is -0.00707. The number of ketones is 7. The SMILES string of the molecule is CC(=O)[C@H]1CCC2C3CCC4CC(C)(C)CC[C@@H]4C3CC[C@@]21C.CC1(C)CC[C@@H]2C3CC[C@]4(C)C(=O)CCC4C3CC[C@@H]2C1.CC1CCCO1.CC=C1CCC2C3CC[C@@H]4CC(=O)CC[C@@H]4C3CC[C@]12C.CC=C1CCC2C3CC[C@@H]4CC(C)(C)CC[C@@H]4C3CC[C@]12C.C[C@]12CCC3C(CCC4=CC(=O)CC[C@@H]43)C1CCC2=O.C[C@]12CCC3C(CC[C@@H]4CC(=O)CC[C@H]34)C1CCC2=O. The topological polar surface area (TPSA) is 129 Å². The molecule has 8 nitrogen and oxygen atoms in total. The van der Waals surface area contributed by atoms with E-state index in [4.69, 9.17) is 4.74 Å². The van der Waals surface area contributed by atoms with E-state index in [1.54, 1.807) is 24.8 Å². The average molecular weight is 1820 g/mol. The number of fused-ring (bicyclic) bond motifs is 30. The fourth-order valence-electron chi connectivity index (χ4n) is 42.8. The zero-order valence-corrected chi connectivity index (χ0v) is 88.0. The van der Waals surface area contributed by atoms with Gasteiger partial charge in [-0.2, -0.15) is 0 Å². The molecule has 20 unspecified atom stereocenters. The van der Waals surface area contributed by atoms with E-state index in [2.05, 4.69) is 116 Å². The quantitative estimate of drug-likeness (QED) is 0.237. The molecule has 133 heavy (non-hydrogen) atoms. The van der Waals surface area contributed by atoms with Crippen LogP contribution in [-0.4, -0.2) is 53.2 Å². The summed E-state index contributed by atoms with van der Waals surface area (Å²) < 4.78 is 5.15. The maximum atomic E-state index is 12.4. The summed E-state index contributed by atoms with van der Waals surface area (Å²) in [6.45, 7) is 38.9. The van der Waals surface area contributed by atoms with Gasteiger partial charge in [0.1, 0.15) is 34.7 Å². The molecule has 25 aliphatic rings. The first kappa shape index (κ1) is 98.6. The first-order valence-electron chi connectivity index (χ1n) is 58.7. The maximum absolute atomic E-state index is 12.4. The minimum absolute atomic E-state index is 0.00707. The number of carbonyl (C=O) groups is 7. The Balaban J connectivity index is 0.000000102. The van der Waals surface area contributed by atoms with Gasteiger partial charge in [-0.1, -0.05) is 112 Å².